The number of aromatic hydroxyl groups is 1. The van der Waals surface area contributed by atoms with Gasteiger partial charge in [0.25, 0.3) is 5.91 Å². The van der Waals surface area contributed by atoms with Crippen molar-refractivity contribution in [2.75, 3.05) is 0 Å². The number of nitrogens with zero attached hydrogens (tertiary/aromatic N) is 2. The van der Waals surface area contributed by atoms with Gasteiger partial charge in [-0.25, -0.2) is 8.78 Å². The summed E-state index contributed by atoms with van der Waals surface area (Å²) in [6.07, 6.45) is 4.80. The Morgan fingerprint density at radius 3 is 2.75 bits per heavy atom. The van der Waals surface area contributed by atoms with Crippen LogP contribution >= 0.6 is 0 Å². The standard InChI is InChI=1S/C23H23F2N3O4/c24-13-7-5-12(15(25)9-13)6-8-18(29)14-10-27-11-19-26-16-3-1-2-4-17(16)28(19)23(32)20(27)22(31)21(14)30/h5,7,9-10,16-17,19,26,31H,1-4,6,8,11H2/t16-,17-,19-/m0/s1. The second kappa shape index (κ2) is 7.81. The van der Waals surface area contributed by atoms with E-state index in [1.165, 1.54) is 16.8 Å². The number of rotatable bonds is 4. The number of fused-ring (bicyclic) bond motifs is 4. The summed E-state index contributed by atoms with van der Waals surface area (Å²) in [6, 6.07) is 3.33. The molecule has 3 heterocycles. The molecule has 0 bridgehead atoms. The number of hydrogen-bond acceptors (Lipinski definition) is 5. The molecular formula is C23H23F2N3O4. The monoisotopic (exact) mass is 443 g/mol. The first kappa shape index (κ1) is 20.8. The zero-order chi connectivity index (χ0) is 22.6. The van der Waals surface area contributed by atoms with Gasteiger partial charge in [-0.15, -0.1) is 0 Å². The minimum Gasteiger partial charge on any atom is -0.503 e. The fraction of sp³-hybridized carbons (Fsp3) is 0.435. The molecule has 9 heteroatoms. The van der Waals surface area contributed by atoms with E-state index in [2.05, 4.69) is 5.32 Å². The Morgan fingerprint density at radius 1 is 1.19 bits per heavy atom. The summed E-state index contributed by atoms with van der Waals surface area (Å²) >= 11 is 0. The summed E-state index contributed by atoms with van der Waals surface area (Å²) in [6.45, 7) is 0.314. The van der Waals surface area contributed by atoms with Crippen molar-refractivity contribution in [1.82, 2.24) is 14.8 Å². The lowest BCUT2D eigenvalue weighted by molar-refractivity contribution is 0.0544. The number of carbonyl (C=O) groups excluding carboxylic acids is 2. The van der Waals surface area contributed by atoms with Gasteiger partial charge >= 0.3 is 0 Å². The van der Waals surface area contributed by atoms with Crippen molar-refractivity contribution < 1.29 is 23.5 Å². The number of aromatic nitrogens is 1. The van der Waals surface area contributed by atoms with Crippen molar-refractivity contribution in [3.63, 3.8) is 0 Å². The number of Topliss-reactive ketones (excluding diaryl/α,β-unsaturated/α-hetero) is 1. The zero-order valence-electron chi connectivity index (χ0n) is 17.3. The number of halogens is 2. The van der Waals surface area contributed by atoms with Crippen LogP contribution in [0.15, 0.2) is 29.2 Å². The Kier molecular flexibility index (Phi) is 5.08. The molecule has 0 spiro atoms. The Balaban J connectivity index is 1.42. The zero-order valence-corrected chi connectivity index (χ0v) is 17.3. The molecule has 3 atom stereocenters. The van der Waals surface area contributed by atoms with Gasteiger partial charge in [0.15, 0.2) is 17.2 Å². The fourth-order valence-electron chi connectivity index (χ4n) is 5.26. The van der Waals surface area contributed by atoms with E-state index in [0.29, 0.717) is 6.54 Å². The van der Waals surface area contributed by atoms with Crippen LogP contribution in [0.5, 0.6) is 5.75 Å². The molecule has 2 N–H and O–H groups in total. The normalized spacial score (nSPS) is 24.1. The third kappa shape index (κ3) is 3.31. The summed E-state index contributed by atoms with van der Waals surface area (Å²) in [5.74, 6) is -3.19. The molecular weight excluding hydrogens is 420 g/mol. The van der Waals surface area contributed by atoms with Crippen LogP contribution in [0.25, 0.3) is 0 Å². The van der Waals surface area contributed by atoms with Crippen molar-refractivity contribution >= 4 is 11.7 Å². The van der Waals surface area contributed by atoms with E-state index in [1.54, 1.807) is 4.90 Å². The predicted octanol–water partition coefficient (Wildman–Crippen LogP) is 2.34. The second-order valence-electron chi connectivity index (χ2n) is 8.73. The molecule has 1 aromatic carbocycles. The van der Waals surface area contributed by atoms with Crippen LogP contribution < -0.4 is 10.7 Å². The smallest absolute Gasteiger partial charge is 0.276 e. The molecule has 2 fully saturated rings. The Bertz CT molecular complexity index is 1180. The highest BCUT2D eigenvalue weighted by Crippen LogP contribution is 2.35. The van der Waals surface area contributed by atoms with Crippen LogP contribution in [-0.4, -0.2) is 44.5 Å². The number of ketones is 1. The van der Waals surface area contributed by atoms with Gasteiger partial charge in [-0.05, 0) is 30.9 Å². The van der Waals surface area contributed by atoms with Crippen molar-refractivity contribution in [3.8, 4) is 5.75 Å². The molecule has 168 valence electrons. The fourth-order valence-corrected chi connectivity index (χ4v) is 5.26. The number of aryl methyl sites for hydroxylation is 1. The first-order valence-corrected chi connectivity index (χ1v) is 10.9. The molecule has 5 rings (SSSR count). The molecule has 1 saturated carbocycles. The molecule has 1 amide bonds. The summed E-state index contributed by atoms with van der Waals surface area (Å²) in [7, 11) is 0. The van der Waals surface area contributed by atoms with Gasteiger partial charge in [-0.1, -0.05) is 18.9 Å². The lowest BCUT2D eigenvalue weighted by Gasteiger charge is -2.37. The maximum absolute atomic E-state index is 13.9. The Labute approximate surface area is 182 Å². The number of carbonyl (C=O) groups is 2. The maximum Gasteiger partial charge on any atom is 0.276 e. The number of amides is 1. The second-order valence-corrected chi connectivity index (χ2v) is 8.73. The summed E-state index contributed by atoms with van der Waals surface area (Å²) < 4.78 is 28.4. The van der Waals surface area contributed by atoms with Gasteiger partial charge in [0.1, 0.15) is 17.8 Å². The van der Waals surface area contributed by atoms with Gasteiger partial charge in [-0.3, -0.25) is 19.7 Å². The van der Waals surface area contributed by atoms with Crippen molar-refractivity contribution in [2.45, 2.75) is 63.3 Å². The highest BCUT2D eigenvalue weighted by Gasteiger charge is 2.48. The largest absolute Gasteiger partial charge is 0.503 e. The molecule has 2 aliphatic heterocycles. The van der Waals surface area contributed by atoms with Crippen LogP contribution in [0, 0.1) is 11.6 Å². The highest BCUT2D eigenvalue weighted by atomic mass is 19.1. The number of nitrogens with one attached hydrogen (secondary N) is 1. The van der Waals surface area contributed by atoms with Gasteiger partial charge < -0.3 is 14.6 Å². The molecule has 0 radical (unpaired) electrons. The SMILES string of the molecule is O=C(CCc1ccc(F)cc1F)c1cn2c(c(O)c1=O)C(=O)N1[C@@H](C2)N[C@H]2CCCC[C@@H]21. The minimum atomic E-state index is -0.903. The maximum atomic E-state index is 13.9. The molecule has 1 aliphatic carbocycles. The van der Waals surface area contributed by atoms with Crippen LogP contribution in [0.3, 0.4) is 0 Å². The average Bonchev–Trinajstić information content (AvgIpc) is 3.14. The Morgan fingerprint density at radius 2 is 1.97 bits per heavy atom. The number of hydrogen-bond donors (Lipinski definition) is 2. The first-order valence-electron chi connectivity index (χ1n) is 10.9. The summed E-state index contributed by atoms with van der Waals surface area (Å²) in [4.78, 5) is 40.4. The molecule has 3 aliphatic rings. The van der Waals surface area contributed by atoms with Gasteiger partial charge in [0.2, 0.25) is 5.43 Å². The van der Waals surface area contributed by atoms with Crippen molar-refractivity contribution in [2.24, 2.45) is 0 Å². The predicted molar refractivity (Wildman–Crippen MR) is 111 cm³/mol. The van der Waals surface area contributed by atoms with Crippen LogP contribution in [0.1, 0.15) is 58.5 Å². The lowest BCUT2D eigenvalue weighted by atomic mass is 9.91. The van der Waals surface area contributed by atoms with E-state index < -0.39 is 34.5 Å². The topological polar surface area (TPSA) is 91.6 Å². The first-order chi connectivity index (χ1) is 15.3. The van der Waals surface area contributed by atoms with E-state index in [9.17, 15) is 28.3 Å². The van der Waals surface area contributed by atoms with Crippen LogP contribution in [0.4, 0.5) is 8.78 Å². The minimum absolute atomic E-state index is 0.0207. The molecule has 1 saturated heterocycles. The molecule has 0 unspecified atom stereocenters. The van der Waals surface area contributed by atoms with E-state index in [0.717, 1.165) is 37.8 Å². The molecule has 32 heavy (non-hydrogen) atoms. The average molecular weight is 443 g/mol. The van der Waals surface area contributed by atoms with E-state index in [4.69, 9.17) is 0 Å². The van der Waals surface area contributed by atoms with E-state index in [1.807, 2.05) is 0 Å². The highest BCUT2D eigenvalue weighted by molar-refractivity contribution is 6.00. The number of pyridine rings is 1. The quantitative estimate of drug-likeness (QED) is 0.708. The van der Waals surface area contributed by atoms with Crippen molar-refractivity contribution in [1.29, 1.82) is 0 Å². The van der Waals surface area contributed by atoms with Crippen LogP contribution in [0.2, 0.25) is 0 Å². The summed E-state index contributed by atoms with van der Waals surface area (Å²) in [5.41, 5.74) is -1.09. The molecule has 1 aromatic heterocycles. The van der Waals surface area contributed by atoms with E-state index >= 15 is 0 Å². The van der Waals surface area contributed by atoms with Gasteiger partial charge in [0.05, 0.1) is 12.1 Å². The summed E-state index contributed by atoms with van der Waals surface area (Å²) in [5, 5.41) is 14.0. The molecule has 7 nitrogen and oxygen atoms in total. The third-order valence-electron chi connectivity index (χ3n) is 6.83. The lowest BCUT2D eigenvalue weighted by Crippen LogP contribution is -2.51. The third-order valence-corrected chi connectivity index (χ3v) is 6.83. The Hall–Kier alpha value is -3.07. The molecule has 2 aromatic rings. The van der Waals surface area contributed by atoms with Crippen LogP contribution in [-0.2, 0) is 13.0 Å². The number of benzene rings is 1. The van der Waals surface area contributed by atoms with Gasteiger partial charge in [-0.2, -0.15) is 0 Å². The van der Waals surface area contributed by atoms with E-state index in [-0.39, 0.29) is 47.9 Å². The van der Waals surface area contributed by atoms with Gasteiger partial charge in [0, 0.05) is 30.8 Å². The van der Waals surface area contributed by atoms with Crippen molar-refractivity contribution in [3.05, 3.63) is 63.1 Å².